The lowest BCUT2D eigenvalue weighted by molar-refractivity contribution is -0.384. The molecule has 1 saturated heterocycles. The van der Waals surface area contributed by atoms with Gasteiger partial charge >= 0.3 is 0 Å². The molecule has 7 heteroatoms. The summed E-state index contributed by atoms with van der Waals surface area (Å²) in [6, 6.07) is 3.02. The van der Waals surface area contributed by atoms with Gasteiger partial charge in [-0.3, -0.25) is 10.1 Å². The van der Waals surface area contributed by atoms with Crippen molar-refractivity contribution in [3.8, 4) is 5.75 Å². The number of nitrogens with zero attached hydrogens (tertiary/aromatic N) is 3. The molecule has 0 radical (unpaired) electrons. The van der Waals surface area contributed by atoms with Crippen LogP contribution in [0.25, 0.3) is 0 Å². The minimum absolute atomic E-state index is 0.0304. The lowest BCUT2D eigenvalue weighted by Crippen LogP contribution is -2.44. The summed E-state index contributed by atoms with van der Waals surface area (Å²) >= 11 is 0. The summed E-state index contributed by atoms with van der Waals surface area (Å²) in [6.07, 6.45) is 0. The van der Waals surface area contributed by atoms with Gasteiger partial charge in [-0.25, -0.2) is 0 Å². The van der Waals surface area contributed by atoms with Crippen molar-refractivity contribution in [2.24, 2.45) is 0 Å². The third kappa shape index (κ3) is 2.70. The Morgan fingerprint density at radius 3 is 2.47 bits per heavy atom. The van der Waals surface area contributed by atoms with E-state index in [1.54, 1.807) is 6.07 Å². The normalized spacial score (nSPS) is 16.4. The summed E-state index contributed by atoms with van der Waals surface area (Å²) < 4.78 is 5.15. The standard InChI is InChI=1S/C12H18N4O3/c1-14-3-5-15(6-4-14)10-8-12(19-2)9(13)7-11(10)16(17)18/h7-8H,3-6,13H2,1-2H3. The first-order valence-electron chi connectivity index (χ1n) is 6.08. The third-order valence-electron chi connectivity index (χ3n) is 3.37. The van der Waals surface area contributed by atoms with E-state index in [1.807, 2.05) is 11.9 Å². The highest BCUT2D eigenvalue weighted by Crippen LogP contribution is 2.37. The van der Waals surface area contributed by atoms with Crippen LogP contribution < -0.4 is 15.4 Å². The van der Waals surface area contributed by atoms with E-state index in [0.29, 0.717) is 11.4 Å². The fourth-order valence-corrected chi connectivity index (χ4v) is 2.20. The highest BCUT2D eigenvalue weighted by molar-refractivity contribution is 5.73. The van der Waals surface area contributed by atoms with Crippen molar-refractivity contribution in [1.82, 2.24) is 4.90 Å². The van der Waals surface area contributed by atoms with E-state index in [-0.39, 0.29) is 11.4 Å². The van der Waals surface area contributed by atoms with Crippen LogP contribution in [0.15, 0.2) is 12.1 Å². The summed E-state index contributed by atoms with van der Waals surface area (Å²) in [5.74, 6) is 0.472. The van der Waals surface area contributed by atoms with Crippen molar-refractivity contribution in [2.75, 3.05) is 51.0 Å². The molecule has 1 aliphatic heterocycles. The Balaban J connectivity index is 2.39. The largest absolute Gasteiger partial charge is 0.495 e. The van der Waals surface area contributed by atoms with Gasteiger partial charge in [-0.15, -0.1) is 0 Å². The maximum Gasteiger partial charge on any atom is 0.294 e. The van der Waals surface area contributed by atoms with Gasteiger partial charge in [0.25, 0.3) is 5.69 Å². The number of benzene rings is 1. The Bertz CT molecular complexity index is 484. The van der Waals surface area contributed by atoms with Crippen LogP contribution in [0.2, 0.25) is 0 Å². The van der Waals surface area contributed by atoms with Crippen LogP contribution in [0.5, 0.6) is 5.75 Å². The average Bonchev–Trinajstić information content (AvgIpc) is 2.39. The number of hydrogen-bond donors (Lipinski definition) is 1. The maximum absolute atomic E-state index is 11.2. The second-order valence-corrected chi connectivity index (χ2v) is 4.63. The number of likely N-dealkylation sites (N-methyl/N-ethyl adjacent to an activating group) is 1. The fourth-order valence-electron chi connectivity index (χ4n) is 2.20. The SMILES string of the molecule is COc1cc(N2CCN(C)CC2)c([N+](=O)[O-])cc1N. The molecular formula is C12H18N4O3. The van der Waals surface area contributed by atoms with E-state index in [1.165, 1.54) is 13.2 Å². The van der Waals surface area contributed by atoms with Crippen molar-refractivity contribution in [1.29, 1.82) is 0 Å². The molecule has 1 aromatic rings. The van der Waals surface area contributed by atoms with Gasteiger partial charge < -0.3 is 20.3 Å². The monoisotopic (exact) mass is 266 g/mol. The zero-order chi connectivity index (χ0) is 14.0. The number of hydrogen-bond acceptors (Lipinski definition) is 6. The minimum Gasteiger partial charge on any atom is -0.495 e. The van der Waals surface area contributed by atoms with Crippen LogP contribution in [0, 0.1) is 10.1 Å². The molecule has 1 heterocycles. The Hall–Kier alpha value is -2.02. The highest BCUT2D eigenvalue weighted by Gasteiger charge is 2.24. The van der Waals surface area contributed by atoms with Gasteiger partial charge in [0.2, 0.25) is 0 Å². The third-order valence-corrected chi connectivity index (χ3v) is 3.37. The molecule has 0 bridgehead atoms. The van der Waals surface area contributed by atoms with Gasteiger partial charge in [-0.05, 0) is 7.05 Å². The van der Waals surface area contributed by atoms with Gasteiger partial charge in [0.05, 0.1) is 17.7 Å². The number of rotatable bonds is 3. The molecule has 2 N–H and O–H groups in total. The molecule has 19 heavy (non-hydrogen) atoms. The molecule has 1 aliphatic rings. The van der Waals surface area contributed by atoms with Gasteiger partial charge in [0.15, 0.2) is 0 Å². The van der Waals surface area contributed by atoms with Crippen LogP contribution in [-0.4, -0.2) is 50.2 Å². The van der Waals surface area contributed by atoms with Crippen LogP contribution in [-0.2, 0) is 0 Å². The number of nitro benzene ring substituents is 1. The predicted molar refractivity (Wildman–Crippen MR) is 73.8 cm³/mol. The minimum atomic E-state index is -0.399. The number of piperazine rings is 1. The second kappa shape index (κ2) is 5.31. The molecule has 0 saturated carbocycles. The highest BCUT2D eigenvalue weighted by atomic mass is 16.6. The molecule has 7 nitrogen and oxygen atoms in total. The molecule has 0 aromatic heterocycles. The van der Waals surface area contributed by atoms with Crippen LogP contribution in [0.4, 0.5) is 17.1 Å². The molecule has 0 aliphatic carbocycles. The number of ether oxygens (including phenoxy) is 1. The lowest BCUT2D eigenvalue weighted by Gasteiger charge is -2.33. The Morgan fingerprint density at radius 2 is 1.95 bits per heavy atom. The van der Waals surface area contributed by atoms with Crippen molar-refractivity contribution in [3.63, 3.8) is 0 Å². The van der Waals surface area contributed by atoms with E-state index in [0.717, 1.165) is 26.2 Å². The maximum atomic E-state index is 11.2. The Morgan fingerprint density at radius 1 is 1.32 bits per heavy atom. The van der Waals surface area contributed by atoms with E-state index >= 15 is 0 Å². The number of nitrogens with two attached hydrogens (primary N) is 1. The summed E-state index contributed by atoms with van der Waals surface area (Å²) in [5, 5.41) is 11.2. The number of nitrogen functional groups attached to an aromatic ring is 1. The van der Waals surface area contributed by atoms with Crippen molar-refractivity contribution >= 4 is 17.1 Å². The average molecular weight is 266 g/mol. The summed E-state index contributed by atoms with van der Waals surface area (Å²) in [7, 11) is 3.54. The lowest BCUT2D eigenvalue weighted by atomic mass is 10.2. The van der Waals surface area contributed by atoms with Gasteiger partial charge in [0, 0.05) is 38.3 Å². The summed E-state index contributed by atoms with van der Waals surface area (Å²) in [4.78, 5) is 14.9. The number of nitro groups is 1. The Labute approximate surface area is 111 Å². The molecule has 0 atom stereocenters. The van der Waals surface area contributed by atoms with Gasteiger partial charge in [-0.2, -0.15) is 0 Å². The molecular weight excluding hydrogens is 248 g/mol. The van der Waals surface area contributed by atoms with Gasteiger partial charge in [-0.1, -0.05) is 0 Å². The van der Waals surface area contributed by atoms with Crippen LogP contribution in [0.1, 0.15) is 0 Å². The second-order valence-electron chi connectivity index (χ2n) is 4.63. The predicted octanol–water partition coefficient (Wildman–Crippen LogP) is 0.937. The number of anilines is 2. The molecule has 0 spiro atoms. The zero-order valence-corrected chi connectivity index (χ0v) is 11.1. The topological polar surface area (TPSA) is 84.9 Å². The molecule has 1 fully saturated rings. The Kier molecular flexibility index (Phi) is 3.75. The molecule has 104 valence electrons. The zero-order valence-electron chi connectivity index (χ0n) is 11.1. The summed E-state index contributed by atoms with van der Waals surface area (Å²) in [5.41, 5.74) is 6.62. The molecule has 1 aromatic carbocycles. The quantitative estimate of drug-likeness (QED) is 0.498. The van der Waals surface area contributed by atoms with Crippen molar-refractivity contribution < 1.29 is 9.66 Å². The molecule has 0 unspecified atom stereocenters. The van der Waals surface area contributed by atoms with Crippen LogP contribution >= 0.6 is 0 Å². The van der Waals surface area contributed by atoms with Crippen LogP contribution in [0.3, 0.4) is 0 Å². The molecule has 2 rings (SSSR count). The van der Waals surface area contributed by atoms with E-state index in [9.17, 15) is 10.1 Å². The smallest absolute Gasteiger partial charge is 0.294 e. The first kappa shape index (κ1) is 13.4. The first-order chi connectivity index (χ1) is 9.02. The summed E-state index contributed by atoms with van der Waals surface area (Å²) in [6.45, 7) is 3.27. The number of methoxy groups -OCH3 is 1. The first-order valence-corrected chi connectivity index (χ1v) is 6.08. The van der Waals surface area contributed by atoms with E-state index in [4.69, 9.17) is 10.5 Å². The van der Waals surface area contributed by atoms with E-state index < -0.39 is 4.92 Å². The van der Waals surface area contributed by atoms with Crippen molar-refractivity contribution in [2.45, 2.75) is 0 Å². The van der Waals surface area contributed by atoms with Gasteiger partial charge in [0.1, 0.15) is 11.4 Å². The van der Waals surface area contributed by atoms with E-state index in [2.05, 4.69) is 4.90 Å². The van der Waals surface area contributed by atoms with Crippen molar-refractivity contribution in [3.05, 3.63) is 22.2 Å². The molecule has 0 amide bonds. The fraction of sp³-hybridized carbons (Fsp3) is 0.500.